The van der Waals surface area contributed by atoms with Crippen LogP contribution in [0.15, 0.2) is 0 Å². The fourth-order valence-electron chi connectivity index (χ4n) is 3.74. The van der Waals surface area contributed by atoms with Crippen molar-refractivity contribution < 1.29 is 9.53 Å². The van der Waals surface area contributed by atoms with Crippen molar-refractivity contribution in [1.29, 1.82) is 0 Å². The highest BCUT2D eigenvalue weighted by Gasteiger charge is 2.26. The van der Waals surface area contributed by atoms with Gasteiger partial charge in [0.05, 0.1) is 12.5 Å². The highest BCUT2D eigenvalue weighted by atomic mass is 32.1. The molecule has 0 atom stereocenters. The molecule has 4 rings (SSSR count). The number of hydrogen-bond donors (Lipinski definition) is 1. The second kappa shape index (κ2) is 6.20. The lowest BCUT2D eigenvalue weighted by Crippen LogP contribution is -2.42. The van der Waals surface area contributed by atoms with Gasteiger partial charge in [0.25, 0.3) is 0 Å². The number of anilines is 1. The van der Waals surface area contributed by atoms with Gasteiger partial charge in [-0.2, -0.15) is 0 Å². The standard InChI is InChI=1S/C17H22N4O2S/c1-10-18-15(14-12-4-3-5-13(12)24-16(14)19-10)20-11-6-8-21(9-7-11)17(22)23-2/h11H,3-9H2,1-2H3,(H,18,19,20). The van der Waals surface area contributed by atoms with Gasteiger partial charge in [-0.25, -0.2) is 14.8 Å². The Bertz CT molecular complexity index is 780. The Morgan fingerprint density at radius 3 is 2.83 bits per heavy atom. The van der Waals surface area contributed by atoms with E-state index in [2.05, 4.69) is 10.3 Å². The van der Waals surface area contributed by atoms with Crippen molar-refractivity contribution in [2.24, 2.45) is 0 Å². The third-order valence-electron chi connectivity index (χ3n) is 4.95. The predicted octanol–water partition coefficient (Wildman–Crippen LogP) is 3.13. The Hall–Kier alpha value is -1.89. The van der Waals surface area contributed by atoms with E-state index in [1.165, 1.54) is 35.8 Å². The van der Waals surface area contributed by atoms with Gasteiger partial charge in [-0.05, 0) is 44.6 Å². The number of methoxy groups -OCH3 is 1. The highest BCUT2D eigenvalue weighted by molar-refractivity contribution is 7.19. The number of likely N-dealkylation sites (tertiary alicyclic amines) is 1. The number of carbonyl (C=O) groups is 1. The molecule has 1 saturated heterocycles. The molecule has 2 aliphatic rings. The molecule has 24 heavy (non-hydrogen) atoms. The molecule has 1 N–H and O–H groups in total. The predicted molar refractivity (Wildman–Crippen MR) is 94.8 cm³/mol. The summed E-state index contributed by atoms with van der Waals surface area (Å²) >= 11 is 1.82. The Balaban J connectivity index is 1.56. The number of amides is 1. The molecular weight excluding hydrogens is 324 g/mol. The van der Waals surface area contributed by atoms with Gasteiger partial charge < -0.3 is 15.0 Å². The zero-order chi connectivity index (χ0) is 16.7. The number of aromatic nitrogens is 2. The third kappa shape index (κ3) is 2.70. The maximum atomic E-state index is 11.6. The van der Waals surface area contributed by atoms with Crippen LogP contribution in [0.4, 0.5) is 10.6 Å². The van der Waals surface area contributed by atoms with E-state index in [1.54, 1.807) is 4.90 Å². The normalized spacial score (nSPS) is 18.0. The van der Waals surface area contributed by atoms with Crippen LogP contribution in [0.5, 0.6) is 0 Å². The Kier molecular flexibility index (Phi) is 4.04. The fraction of sp³-hybridized carbons (Fsp3) is 0.588. The third-order valence-corrected chi connectivity index (χ3v) is 6.13. The zero-order valence-corrected chi connectivity index (χ0v) is 14.9. The van der Waals surface area contributed by atoms with Crippen LogP contribution in [0.1, 0.15) is 35.5 Å². The number of nitrogens with zero attached hydrogens (tertiary/aromatic N) is 3. The fourth-order valence-corrected chi connectivity index (χ4v) is 5.04. The zero-order valence-electron chi connectivity index (χ0n) is 14.1. The van der Waals surface area contributed by atoms with E-state index in [9.17, 15) is 4.79 Å². The Morgan fingerprint density at radius 2 is 2.08 bits per heavy atom. The lowest BCUT2D eigenvalue weighted by Gasteiger charge is -2.31. The molecule has 128 valence electrons. The van der Waals surface area contributed by atoms with Gasteiger partial charge in [0.1, 0.15) is 16.5 Å². The molecule has 2 aromatic rings. The first-order valence-corrected chi connectivity index (χ1v) is 9.35. The van der Waals surface area contributed by atoms with Crippen LogP contribution >= 0.6 is 11.3 Å². The first-order chi connectivity index (χ1) is 11.7. The van der Waals surface area contributed by atoms with Crippen molar-refractivity contribution in [3.05, 3.63) is 16.3 Å². The van der Waals surface area contributed by atoms with E-state index in [0.717, 1.165) is 48.8 Å². The minimum Gasteiger partial charge on any atom is -0.453 e. The molecule has 7 heteroatoms. The molecule has 2 aromatic heterocycles. The van der Waals surface area contributed by atoms with Crippen molar-refractivity contribution in [2.45, 2.75) is 45.1 Å². The second-order valence-electron chi connectivity index (χ2n) is 6.53. The number of hydrogen-bond acceptors (Lipinski definition) is 6. The number of aryl methyl sites for hydroxylation is 3. The summed E-state index contributed by atoms with van der Waals surface area (Å²) in [5.41, 5.74) is 1.45. The number of ether oxygens (including phenoxy) is 1. The molecule has 0 spiro atoms. The van der Waals surface area contributed by atoms with Crippen molar-refractivity contribution in [3.8, 4) is 0 Å². The summed E-state index contributed by atoms with van der Waals surface area (Å²) < 4.78 is 4.80. The molecule has 0 unspecified atom stereocenters. The molecule has 1 fully saturated rings. The van der Waals surface area contributed by atoms with E-state index in [-0.39, 0.29) is 6.09 Å². The van der Waals surface area contributed by atoms with Gasteiger partial charge in [0.2, 0.25) is 0 Å². The molecule has 0 aromatic carbocycles. The highest BCUT2D eigenvalue weighted by Crippen LogP contribution is 2.39. The molecule has 0 radical (unpaired) electrons. The second-order valence-corrected chi connectivity index (χ2v) is 7.62. The lowest BCUT2D eigenvalue weighted by molar-refractivity contribution is 0.113. The smallest absolute Gasteiger partial charge is 0.409 e. The summed E-state index contributed by atoms with van der Waals surface area (Å²) in [7, 11) is 1.43. The number of fused-ring (bicyclic) bond motifs is 3. The van der Waals surface area contributed by atoms with Gasteiger partial charge in [0.15, 0.2) is 0 Å². The summed E-state index contributed by atoms with van der Waals surface area (Å²) in [5.74, 6) is 1.80. The summed E-state index contributed by atoms with van der Waals surface area (Å²) in [5, 5.41) is 4.86. The van der Waals surface area contributed by atoms with Crippen molar-refractivity contribution in [2.75, 3.05) is 25.5 Å². The molecule has 6 nitrogen and oxygen atoms in total. The van der Waals surface area contributed by atoms with Gasteiger partial charge >= 0.3 is 6.09 Å². The molecule has 1 aliphatic carbocycles. The number of nitrogens with one attached hydrogen (secondary N) is 1. The molecule has 0 bridgehead atoms. The topological polar surface area (TPSA) is 67.3 Å². The summed E-state index contributed by atoms with van der Waals surface area (Å²) in [6.07, 6.45) is 5.13. The average molecular weight is 346 g/mol. The molecule has 1 amide bonds. The van der Waals surface area contributed by atoms with Crippen LogP contribution in [0.2, 0.25) is 0 Å². The minimum absolute atomic E-state index is 0.232. The Labute approximate surface area is 145 Å². The maximum Gasteiger partial charge on any atom is 0.409 e. The minimum atomic E-state index is -0.232. The van der Waals surface area contributed by atoms with Gasteiger partial charge in [0, 0.05) is 24.0 Å². The van der Waals surface area contributed by atoms with Crippen LogP contribution < -0.4 is 5.32 Å². The van der Waals surface area contributed by atoms with Crippen LogP contribution in [0, 0.1) is 6.92 Å². The lowest BCUT2D eigenvalue weighted by atomic mass is 10.0. The average Bonchev–Trinajstić information content (AvgIpc) is 3.15. The summed E-state index contributed by atoms with van der Waals surface area (Å²) in [6, 6.07) is 0.334. The number of rotatable bonds is 2. The van der Waals surface area contributed by atoms with Crippen LogP contribution in [-0.2, 0) is 17.6 Å². The van der Waals surface area contributed by atoms with E-state index in [0.29, 0.717) is 6.04 Å². The molecule has 1 aliphatic heterocycles. The van der Waals surface area contributed by atoms with E-state index >= 15 is 0 Å². The van der Waals surface area contributed by atoms with E-state index in [4.69, 9.17) is 9.72 Å². The van der Waals surface area contributed by atoms with Gasteiger partial charge in [-0.1, -0.05) is 0 Å². The first-order valence-electron chi connectivity index (χ1n) is 8.54. The first kappa shape index (κ1) is 15.6. The van der Waals surface area contributed by atoms with Crippen LogP contribution in [0.25, 0.3) is 10.2 Å². The number of thiophene rings is 1. The maximum absolute atomic E-state index is 11.6. The summed E-state index contributed by atoms with van der Waals surface area (Å²) in [6.45, 7) is 3.40. The van der Waals surface area contributed by atoms with Crippen LogP contribution in [0.3, 0.4) is 0 Å². The summed E-state index contributed by atoms with van der Waals surface area (Å²) in [4.78, 5) is 25.3. The van der Waals surface area contributed by atoms with Gasteiger partial charge in [-0.3, -0.25) is 0 Å². The van der Waals surface area contributed by atoms with Crippen LogP contribution in [-0.4, -0.2) is 47.2 Å². The Morgan fingerprint density at radius 1 is 1.29 bits per heavy atom. The SMILES string of the molecule is COC(=O)N1CCC(Nc2nc(C)nc3sc4c(c23)CCC4)CC1. The van der Waals surface area contributed by atoms with Crippen molar-refractivity contribution >= 4 is 33.5 Å². The largest absolute Gasteiger partial charge is 0.453 e. The number of carbonyl (C=O) groups excluding carboxylic acids is 1. The van der Waals surface area contributed by atoms with E-state index < -0.39 is 0 Å². The monoisotopic (exact) mass is 346 g/mol. The van der Waals surface area contributed by atoms with E-state index in [1.807, 2.05) is 18.3 Å². The molecular formula is C17H22N4O2S. The number of piperidine rings is 1. The van der Waals surface area contributed by atoms with Crippen molar-refractivity contribution in [1.82, 2.24) is 14.9 Å². The van der Waals surface area contributed by atoms with Gasteiger partial charge in [-0.15, -0.1) is 11.3 Å². The van der Waals surface area contributed by atoms with Crippen molar-refractivity contribution in [3.63, 3.8) is 0 Å². The molecule has 3 heterocycles. The molecule has 0 saturated carbocycles. The quantitative estimate of drug-likeness (QED) is 0.905.